The predicted molar refractivity (Wildman–Crippen MR) is 138 cm³/mol. The van der Waals surface area contributed by atoms with E-state index in [0.29, 0.717) is 36.4 Å². The van der Waals surface area contributed by atoms with Gasteiger partial charge in [0.2, 0.25) is 5.79 Å². The molecule has 6 rings (SSSR count). The number of fused-ring (bicyclic) bond motifs is 2. The van der Waals surface area contributed by atoms with Crippen LogP contribution in [0.25, 0.3) is 10.2 Å². The molecule has 1 aliphatic carbocycles. The highest BCUT2D eigenvalue weighted by molar-refractivity contribution is 7.20. The lowest BCUT2D eigenvalue weighted by Gasteiger charge is -2.27. The summed E-state index contributed by atoms with van der Waals surface area (Å²) in [5, 5.41) is 4.24. The van der Waals surface area contributed by atoms with Crippen LogP contribution >= 0.6 is 11.3 Å². The molecule has 0 aromatic carbocycles. The molecule has 2 unspecified atom stereocenters. The number of nitrogens with zero attached hydrogens (tertiary/aromatic N) is 3. The molecule has 35 heavy (non-hydrogen) atoms. The maximum atomic E-state index is 10.6. The van der Waals surface area contributed by atoms with E-state index in [-0.39, 0.29) is 6.04 Å². The molecule has 2 atom stereocenters. The molecule has 2 aliphatic heterocycles. The third-order valence-corrected chi connectivity index (χ3v) is 8.06. The summed E-state index contributed by atoms with van der Waals surface area (Å²) in [4.78, 5) is 23.3. The summed E-state index contributed by atoms with van der Waals surface area (Å²) in [6.07, 6.45) is 4.02. The number of carbonyl (C=O) groups is 1. The Hall–Kier alpha value is -2.63. The number of hydrogen-bond acceptors (Lipinski definition) is 10. The van der Waals surface area contributed by atoms with E-state index in [0.717, 1.165) is 53.8 Å². The smallest absolute Gasteiger partial charge is 0.203 e. The monoisotopic (exact) mass is 496 g/mol. The van der Waals surface area contributed by atoms with E-state index in [9.17, 15) is 4.79 Å². The Morgan fingerprint density at radius 1 is 1.23 bits per heavy atom. The van der Waals surface area contributed by atoms with Crippen LogP contribution in [0.1, 0.15) is 33.0 Å². The Morgan fingerprint density at radius 2 is 2.03 bits per heavy atom. The zero-order valence-corrected chi connectivity index (χ0v) is 20.9. The van der Waals surface area contributed by atoms with Crippen LogP contribution in [0.5, 0.6) is 0 Å². The van der Waals surface area contributed by atoms with Crippen molar-refractivity contribution in [3.05, 3.63) is 46.1 Å². The summed E-state index contributed by atoms with van der Waals surface area (Å²) in [7, 11) is 2.03. The fraction of sp³-hybridized carbons (Fsp3) is 0.480. The number of pyridine rings is 2. The van der Waals surface area contributed by atoms with Crippen molar-refractivity contribution in [2.45, 2.75) is 44.1 Å². The number of nitrogen functional groups attached to an aromatic ring is 1. The first-order valence-electron chi connectivity index (χ1n) is 12.0. The second-order valence-corrected chi connectivity index (χ2v) is 10.3. The molecular formula is C25H32N6O3S. The average molecular weight is 497 g/mol. The first-order valence-corrected chi connectivity index (χ1v) is 12.8. The van der Waals surface area contributed by atoms with Gasteiger partial charge in [-0.15, -0.1) is 11.3 Å². The Balaban J connectivity index is 0.000000166. The Bertz CT molecular complexity index is 1230. The summed E-state index contributed by atoms with van der Waals surface area (Å²) in [6, 6.07) is 8.56. The van der Waals surface area contributed by atoms with Gasteiger partial charge in [0.1, 0.15) is 10.6 Å². The highest BCUT2D eigenvalue weighted by atomic mass is 32.1. The van der Waals surface area contributed by atoms with E-state index in [2.05, 4.69) is 27.3 Å². The van der Waals surface area contributed by atoms with Gasteiger partial charge in [-0.25, -0.2) is 9.97 Å². The number of nitrogens with one attached hydrogen (secondary N) is 1. The molecule has 9 nitrogen and oxygen atoms in total. The van der Waals surface area contributed by atoms with Crippen LogP contribution in [0.15, 0.2) is 24.3 Å². The second kappa shape index (κ2) is 9.79. The molecule has 3 aliphatic rings. The van der Waals surface area contributed by atoms with Crippen molar-refractivity contribution in [1.29, 1.82) is 0 Å². The number of aromatic nitrogens is 2. The number of ether oxygens (including phenoxy) is 2. The minimum atomic E-state index is -0.630. The van der Waals surface area contributed by atoms with Crippen molar-refractivity contribution in [2.24, 2.45) is 5.73 Å². The van der Waals surface area contributed by atoms with Gasteiger partial charge in [0.15, 0.2) is 6.29 Å². The number of likely N-dealkylation sites (N-methyl/N-ethyl adjacent to an activating group) is 1. The quantitative estimate of drug-likeness (QED) is 0.467. The van der Waals surface area contributed by atoms with E-state index in [4.69, 9.17) is 25.9 Å². The standard InChI is InChI=1S/C16H24N4O2.C9H8N2OS/c1-18-12-3-4-13-11(8-12)2-5-15(19-13)20-9-14(17)16(10-20)21-6-7-22-16;1-5-2-3-6-8(10)7(4-12)13-9(6)11-5/h2,5,12,14,18H,3-4,6-10,17H2,1H3;2-4H,10H2,1H3. The fourth-order valence-corrected chi connectivity index (χ4v) is 5.95. The van der Waals surface area contributed by atoms with Crippen molar-refractivity contribution in [2.75, 3.05) is 44.0 Å². The first-order chi connectivity index (χ1) is 16.9. The Morgan fingerprint density at radius 3 is 2.77 bits per heavy atom. The van der Waals surface area contributed by atoms with Crippen LogP contribution < -0.4 is 21.7 Å². The van der Waals surface area contributed by atoms with Crippen molar-refractivity contribution < 1.29 is 14.3 Å². The van der Waals surface area contributed by atoms with Crippen molar-refractivity contribution in [3.63, 3.8) is 0 Å². The maximum Gasteiger partial charge on any atom is 0.203 e. The van der Waals surface area contributed by atoms with Crippen LogP contribution in [-0.4, -0.2) is 67.5 Å². The van der Waals surface area contributed by atoms with Gasteiger partial charge in [0.05, 0.1) is 36.4 Å². The van der Waals surface area contributed by atoms with Gasteiger partial charge >= 0.3 is 0 Å². The highest BCUT2D eigenvalue weighted by Crippen LogP contribution is 2.33. The van der Waals surface area contributed by atoms with Crippen LogP contribution in [-0.2, 0) is 22.3 Å². The number of carbonyl (C=O) groups excluding carboxylic acids is 1. The van der Waals surface area contributed by atoms with Gasteiger partial charge in [-0.1, -0.05) is 6.07 Å². The molecule has 1 spiro atoms. The van der Waals surface area contributed by atoms with Crippen molar-refractivity contribution >= 4 is 39.3 Å². The normalized spacial score (nSPS) is 22.8. The lowest BCUT2D eigenvalue weighted by molar-refractivity contribution is -0.147. The topological polar surface area (TPSA) is 129 Å². The Kier molecular flexibility index (Phi) is 6.73. The van der Waals surface area contributed by atoms with Crippen molar-refractivity contribution in [1.82, 2.24) is 15.3 Å². The molecule has 186 valence electrons. The summed E-state index contributed by atoms with van der Waals surface area (Å²) in [6.45, 7) is 4.56. The lowest BCUT2D eigenvalue weighted by Crippen LogP contribution is -2.47. The molecule has 3 aromatic rings. The zero-order valence-electron chi connectivity index (χ0n) is 20.1. The third kappa shape index (κ3) is 4.64. The van der Waals surface area contributed by atoms with E-state index in [1.54, 1.807) is 0 Å². The second-order valence-electron chi connectivity index (χ2n) is 9.30. The molecule has 5 N–H and O–H groups in total. The van der Waals surface area contributed by atoms with Gasteiger partial charge in [-0.3, -0.25) is 4.79 Å². The molecular weight excluding hydrogens is 464 g/mol. The highest BCUT2D eigenvalue weighted by Gasteiger charge is 2.50. The van der Waals surface area contributed by atoms with Gasteiger partial charge < -0.3 is 31.2 Å². The van der Waals surface area contributed by atoms with E-state index in [1.165, 1.54) is 22.6 Å². The largest absolute Gasteiger partial charge is 0.397 e. The van der Waals surface area contributed by atoms with Gasteiger partial charge in [0, 0.05) is 29.4 Å². The summed E-state index contributed by atoms with van der Waals surface area (Å²) < 4.78 is 11.6. The van der Waals surface area contributed by atoms with Gasteiger partial charge in [-0.2, -0.15) is 0 Å². The minimum absolute atomic E-state index is 0.124. The van der Waals surface area contributed by atoms with Crippen molar-refractivity contribution in [3.8, 4) is 0 Å². The van der Waals surface area contributed by atoms with E-state index >= 15 is 0 Å². The SMILES string of the molecule is CNC1CCc2nc(N3CC(N)C4(C3)OCCO4)ccc2C1.Cc1ccc2c(N)c(C=O)sc2n1. The lowest BCUT2D eigenvalue weighted by atomic mass is 9.92. The molecule has 10 heteroatoms. The third-order valence-electron chi connectivity index (χ3n) is 7.02. The fourth-order valence-electron chi connectivity index (χ4n) is 4.99. The molecule has 0 radical (unpaired) electrons. The average Bonchev–Trinajstić information content (AvgIpc) is 3.57. The van der Waals surface area contributed by atoms with Crippen LogP contribution in [0, 0.1) is 6.92 Å². The molecule has 2 fully saturated rings. The van der Waals surface area contributed by atoms with Gasteiger partial charge in [0.25, 0.3) is 0 Å². The molecule has 0 amide bonds. The first kappa shape index (κ1) is 24.1. The van der Waals surface area contributed by atoms with E-state index in [1.807, 2.05) is 26.1 Å². The summed E-state index contributed by atoms with van der Waals surface area (Å²) >= 11 is 1.33. The van der Waals surface area contributed by atoms with E-state index < -0.39 is 5.79 Å². The molecule has 5 heterocycles. The minimum Gasteiger partial charge on any atom is -0.397 e. The number of nitrogens with two attached hydrogens (primary N) is 2. The molecule has 0 bridgehead atoms. The number of thiophene rings is 1. The number of hydrogen-bond donors (Lipinski definition) is 3. The number of anilines is 2. The molecule has 0 saturated carbocycles. The van der Waals surface area contributed by atoms with Crippen LogP contribution in [0.2, 0.25) is 0 Å². The predicted octanol–water partition coefficient (Wildman–Crippen LogP) is 2.05. The maximum absolute atomic E-state index is 10.6. The van der Waals surface area contributed by atoms with Crippen LogP contribution in [0.3, 0.4) is 0 Å². The number of aldehydes is 1. The van der Waals surface area contributed by atoms with Crippen LogP contribution in [0.4, 0.5) is 11.5 Å². The zero-order chi connectivity index (χ0) is 24.6. The number of rotatable bonds is 3. The summed E-state index contributed by atoms with van der Waals surface area (Å²) in [5.74, 6) is 0.363. The Labute approximate surface area is 208 Å². The molecule has 3 aromatic heterocycles. The number of aryl methyl sites for hydroxylation is 2. The molecule has 2 saturated heterocycles. The van der Waals surface area contributed by atoms with Gasteiger partial charge in [-0.05, 0) is 57.0 Å². The summed E-state index contributed by atoms with van der Waals surface area (Å²) in [5.41, 5.74) is 16.1.